The highest BCUT2D eigenvalue weighted by molar-refractivity contribution is 5.95. The van der Waals surface area contributed by atoms with E-state index in [4.69, 9.17) is 9.72 Å². The van der Waals surface area contributed by atoms with E-state index in [0.29, 0.717) is 29.2 Å². The first-order valence-electron chi connectivity index (χ1n) is 12.2. The number of aliphatic hydroxyl groups is 1. The zero-order valence-electron chi connectivity index (χ0n) is 18.6. The predicted molar refractivity (Wildman–Crippen MR) is 116 cm³/mol. The number of carbonyl (C=O) groups excluding carboxylic acids is 1. The summed E-state index contributed by atoms with van der Waals surface area (Å²) < 4.78 is 5.85. The van der Waals surface area contributed by atoms with Gasteiger partial charge in [-0.25, -0.2) is 9.97 Å². The van der Waals surface area contributed by atoms with Gasteiger partial charge in [-0.05, 0) is 76.5 Å². The molecule has 31 heavy (non-hydrogen) atoms. The van der Waals surface area contributed by atoms with E-state index >= 15 is 0 Å². The van der Waals surface area contributed by atoms with Crippen molar-refractivity contribution >= 4 is 11.9 Å². The molecule has 1 saturated heterocycles. The number of nitrogens with zero attached hydrogens (tertiary/aromatic N) is 3. The quantitative estimate of drug-likeness (QED) is 0.770. The van der Waals surface area contributed by atoms with Gasteiger partial charge >= 0.3 is 0 Å². The van der Waals surface area contributed by atoms with Crippen LogP contribution in [-0.4, -0.2) is 57.9 Å². The van der Waals surface area contributed by atoms with E-state index in [1.54, 1.807) is 6.20 Å². The van der Waals surface area contributed by atoms with Gasteiger partial charge in [-0.3, -0.25) is 4.79 Å². The average molecular weight is 427 g/mol. The van der Waals surface area contributed by atoms with Gasteiger partial charge in [0.1, 0.15) is 0 Å². The first-order chi connectivity index (χ1) is 14.9. The number of carbonyl (C=O) groups is 1. The van der Waals surface area contributed by atoms with Crippen LogP contribution < -0.4 is 10.2 Å². The van der Waals surface area contributed by atoms with Crippen LogP contribution in [0, 0.1) is 17.8 Å². The van der Waals surface area contributed by atoms with Crippen molar-refractivity contribution in [3.63, 3.8) is 0 Å². The molecule has 4 unspecified atom stereocenters. The third-order valence-electron chi connectivity index (χ3n) is 8.26. The second-order valence-corrected chi connectivity index (χ2v) is 11.1. The van der Waals surface area contributed by atoms with Crippen LogP contribution in [0.4, 0.5) is 5.95 Å². The minimum atomic E-state index is -0.478. The Hall–Kier alpha value is -1.73. The van der Waals surface area contributed by atoms with Crippen molar-refractivity contribution in [2.24, 2.45) is 17.8 Å². The molecule has 6 fully saturated rings. The number of aromatic nitrogens is 2. The van der Waals surface area contributed by atoms with Gasteiger partial charge in [-0.1, -0.05) is 0 Å². The molecule has 0 spiro atoms. The second-order valence-electron chi connectivity index (χ2n) is 11.1. The van der Waals surface area contributed by atoms with Gasteiger partial charge in [0.05, 0.1) is 29.1 Å². The van der Waals surface area contributed by atoms with Crippen molar-refractivity contribution in [2.75, 3.05) is 18.0 Å². The molecule has 4 atom stereocenters. The fourth-order valence-corrected chi connectivity index (χ4v) is 7.17. The van der Waals surface area contributed by atoms with Gasteiger partial charge in [-0.2, -0.15) is 0 Å². The maximum absolute atomic E-state index is 13.4. The van der Waals surface area contributed by atoms with Crippen molar-refractivity contribution in [3.05, 3.63) is 17.5 Å². The Bertz CT molecular complexity index is 862. The first-order valence-corrected chi connectivity index (χ1v) is 12.2. The van der Waals surface area contributed by atoms with E-state index in [1.807, 2.05) is 0 Å². The highest BCUT2D eigenvalue weighted by Crippen LogP contribution is 2.55. The lowest BCUT2D eigenvalue weighted by Gasteiger charge is -2.58. The van der Waals surface area contributed by atoms with Crippen LogP contribution in [0.2, 0.25) is 0 Å². The van der Waals surface area contributed by atoms with E-state index < -0.39 is 5.60 Å². The summed E-state index contributed by atoms with van der Waals surface area (Å²) in [4.78, 5) is 25.1. The molecule has 1 aromatic rings. The molecule has 1 aliphatic heterocycles. The maximum Gasteiger partial charge on any atom is 0.254 e. The van der Waals surface area contributed by atoms with Crippen molar-refractivity contribution in [2.45, 2.75) is 88.6 Å². The molecular formula is C24H34N4O3. The molecule has 7 nitrogen and oxygen atoms in total. The zero-order chi connectivity index (χ0) is 21.3. The summed E-state index contributed by atoms with van der Waals surface area (Å²) in [5, 5.41) is 14.2. The molecule has 7 rings (SSSR count). The van der Waals surface area contributed by atoms with E-state index in [9.17, 15) is 9.90 Å². The van der Waals surface area contributed by atoms with Gasteiger partial charge in [0.2, 0.25) is 5.95 Å². The molecule has 1 aromatic heterocycles. The summed E-state index contributed by atoms with van der Waals surface area (Å²) in [6.07, 6.45) is 9.14. The molecule has 0 radical (unpaired) electrons. The number of hydrogen-bond acceptors (Lipinski definition) is 6. The Morgan fingerprint density at radius 1 is 1.16 bits per heavy atom. The molecule has 7 heteroatoms. The lowest BCUT2D eigenvalue weighted by Crippen LogP contribution is -2.61. The van der Waals surface area contributed by atoms with Crippen LogP contribution >= 0.6 is 0 Å². The van der Waals surface area contributed by atoms with Crippen LogP contribution in [0.1, 0.15) is 80.8 Å². The maximum atomic E-state index is 13.4. The zero-order valence-corrected chi connectivity index (χ0v) is 18.6. The first kappa shape index (κ1) is 19.9. The molecule has 6 aliphatic rings. The molecule has 2 heterocycles. The number of anilines is 1. The van der Waals surface area contributed by atoms with Crippen LogP contribution in [0.3, 0.4) is 0 Å². The average Bonchev–Trinajstić information content (AvgIpc) is 3.53. The number of amides is 1. The Kier molecular flexibility index (Phi) is 4.59. The topological polar surface area (TPSA) is 87.6 Å². The summed E-state index contributed by atoms with van der Waals surface area (Å²) in [7, 11) is 0. The van der Waals surface area contributed by atoms with Gasteiger partial charge in [0.15, 0.2) is 0 Å². The minimum absolute atomic E-state index is 0.0263. The Morgan fingerprint density at radius 2 is 1.84 bits per heavy atom. The number of ether oxygens (including phenoxy) is 1. The number of hydrogen-bond donors (Lipinski definition) is 2. The smallest absolute Gasteiger partial charge is 0.254 e. The van der Waals surface area contributed by atoms with Crippen LogP contribution in [0.25, 0.3) is 0 Å². The predicted octanol–water partition coefficient (Wildman–Crippen LogP) is 2.64. The molecule has 0 aromatic carbocycles. The van der Waals surface area contributed by atoms with Gasteiger partial charge in [0.25, 0.3) is 5.91 Å². The van der Waals surface area contributed by atoms with E-state index in [0.717, 1.165) is 69.7 Å². The van der Waals surface area contributed by atoms with Gasteiger partial charge in [0, 0.05) is 31.2 Å². The van der Waals surface area contributed by atoms with Gasteiger partial charge in [-0.15, -0.1) is 0 Å². The van der Waals surface area contributed by atoms with Crippen LogP contribution in [0.5, 0.6) is 0 Å². The lowest BCUT2D eigenvalue weighted by atomic mass is 9.52. The Labute approximate surface area is 184 Å². The number of nitrogens with one attached hydrogen (secondary N) is 1. The SMILES string of the molecule is CC1CN(c2ncc(C(=O)NC3C4CC5CC3CC(O)(C5)C4)c(C3CC3)n2)CC(C)O1. The molecule has 2 N–H and O–H groups in total. The van der Waals surface area contributed by atoms with Crippen molar-refractivity contribution < 1.29 is 14.6 Å². The monoisotopic (exact) mass is 426 g/mol. The summed E-state index contributed by atoms with van der Waals surface area (Å²) >= 11 is 0. The molecule has 168 valence electrons. The highest BCUT2D eigenvalue weighted by Gasteiger charge is 2.55. The summed E-state index contributed by atoms with van der Waals surface area (Å²) in [6.45, 7) is 5.70. The minimum Gasteiger partial charge on any atom is -0.390 e. The number of morpholine rings is 1. The van der Waals surface area contributed by atoms with Crippen molar-refractivity contribution in [1.29, 1.82) is 0 Å². The molecule has 1 amide bonds. The summed E-state index contributed by atoms with van der Waals surface area (Å²) in [5.74, 6) is 2.51. The Morgan fingerprint density at radius 3 is 2.45 bits per heavy atom. The third kappa shape index (κ3) is 3.63. The van der Waals surface area contributed by atoms with Crippen LogP contribution in [-0.2, 0) is 4.74 Å². The third-order valence-corrected chi connectivity index (χ3v) is 8.26. The van der Waals surface area contributed by atoms with E-state index in [2.05, 4.69) is 29.0 Å². The van der Waals surface area contributed by atoms with Crippen molar-refractivity contribution in [3.8, 4) is 0 Å². The van der Waals surface area contributed by atoms with Gasteiger partial charge < -0.3 is 20.1 Å². The Balaban J connectivity index is 1.22. The fraction of sp³-hybridized carbons (Fsp3) is 0.792. The lowest BCUT2D eigenvalue weighted by molar-refractivity contribution is -0.136. The summed E-state index contributed by atoms with van der Waals surface area (Å²) in [5.41, 5.74) is 1.08. The molecular weight excluding hydrogens is 392 g/mol. The normalized spacial score (nSPS) is 41.5. The fourth-order valence-electron chi connectivity index (χ4n) is 7.17. The van der Waals surface area contributed by atoms with Crippen LogP contribution in [0.15, 0.2) is 6.20 Å². The standard InChI is InChI=1S/C24H34N4O3/c1-13-11-28(12-14(2)31-13)23-25-10-19(21(27-23)16-3-4-16)22(29)26-20-17-5-15-6-18(20)9-24(30,7-15)8-17/h10,13-18,20,30H,3-9,11-12H2,1-2H3,(H,26,29). The highest BCUT2D eigenvalue weighted by atomic mass is 16.5. The van der Waals surface area contributed by atoms with E-state index in [-0.39, 0.29) is 24.2 Å². The largest absolute Gasteiger partial charge is 0.390 e. The molecule has 5 saturated carbocycles. The molecule has 5 aliphatic carbocycles. The molecule has 4 bridgehead atoms. The van der Waals surface area contributed by atoms with E-state index in [1.165, 1.54) is 0 Å². The number of rotatable bonds is 4. The van der Waals surface area contributed by atoms with Crippen molar-refractivity contribution in [1.82, 2.24) is 15.3 Å². The summed E-state index contributed by atoms with van der Waals surface area (Å²) in [6, 6.07) is 0.178. The second kappa shape index (κ2) is 7.14.